The van der Waals surface area contributed by atoms with Gasteiger partial charge in [-0.05, 0) is 33.6 Å². The van der Waals surface area contributed by atoms with Crippen LogP contribution in [0.1, 0.15) is 47.5 Å². The van der Waals surface area contributed by atoms with E-state index in [-0.39, 0.29) is 24.5 Å². The van der Waals surface area contributed by atoms with Crippen molar-refractivity contribution in [3.63, 3.8) is 0 Å². The molecule has 0 unspecified atom stereocenters. The zero-order chi connectivity index (χ0) is 15.1. The Morgan fingerprint density at radius 3 is 2.05 bits per heavy atom. The lowest BCUT2D eigenvalue weighted by atomic mass is 9.80. The molecule has 0 spiro atoms. The van der Waals surface area contributed by atoms with E-state index in [0.29, 0.717) is 26.0 Å². The lowest BCUT2D eigenvalue weighted by molar-refractivity contribution is -0.154. The van der Waals surface area contributed by atoms with Gasteiger partial charge in [0.25, 0.3) is 0 Å². The second kappa shape index (κ2) is 8.15. The molecule has 0 aliphatic heterocycles. The van der Waals surface area contributed by atoms with Gasteiger partial charge in [-0.3, -0.25) is 9.59 Å². The minimum atomic E-state index is -0.573. The summed E-state index contributed by atoms with van der Waals surface area (Å²) in [4.78, 5) is 25.9. The third kappa shape index (κ3) is 4.49. The quantitative estimate of drug-likeness (QED) is 0.680. The maximum atomic E-state index is 12.7. The number of hydrogen-bond donors (Lipinski definition) is 1. The van der Waals surface area contributed by atoms with Gasteiger partial charge in [0.1, 0.15) is 6.54 Å². The highest BCUT2D eigenvalue weighted by atomic mass is 16.5. The van der Waals surface area contributed by atoms with E-state index in [0.717, 1.165) is 0 Å². The van der Waals surface area contributed by atoms with E-state index in [4.69, 9.17) is 10.5 Å². The van der Waals surface area contributed by atoms with Gasteiger partial charge in [0.2, 0.25) is 5.91 Å². The van der Waals surface area contributed by atoms with E-state index >= 15 is 0 Å². The molecular formula is C14H28N2O3. The Morgan fingerprint density at radius 2 is 1.74 bits per heavy atom. The molecule has 112 valence electrons. The number of nitrogens with zero attached hydrogens (tertiary/aromatic N) is 1. The number of amides is 1. The topological polar surface area (TPSA) is 72.6 Å². The van der Waals surface area contributed by atoms with Crippen molar-refractivity contribution in [3.05, 3.63) is 0 Å². The first kappa shape index (κ1) is 17.9. The average molecular weight is 272 g/mol. The van der Waals surface area contributed by atoms with E-state index in [1.807, 2.05) is 27.7 Å². The number of esters is 1. The van der Waals surface area contributed by atoms with Crippen LogP contribution in [0.3, 0.4) is 0 Å². The first-order chi connectivity index (χ1) is 8.88. The van der Waals surface area contributed by atoms with Gasteiger partial charge < -0.3 is 15.4 Å². The van der Waals surface area contributed by atoms with Crippen LogP contribution < -0.4 is 5.73 Å². The molecule has 0 saturated carbocycles. The molecule has 5 nitrogen and oxygen atoms in total. The van der Waals surface area contributed by atoms with Crippen molar-refractivity contribution in [2.45, 2.75) is 53.5 Å². The Labute approximate surface area is 116 Å². The third-order valence-electron chi connectivity index (χ3n) is 3.69. The highest BCUT2D eigenvalue weighted by Gasteiger charge is 2.38. The summed E-state index contributed by atoms with van der Waals surface area (Å²) in [6, 6.07) is -0.0547. The number of ether oxygens (including phenoxy) is 1. The molecular weight excluding hydrogens is 244 g/mol. The first-order valence-electron chi connectivity index (χ1n) is 7.05. The van der Waals surface area contributed by atoms with Crippen molar-refractivity contribution in [2.24, 2.45) is 11.1 Å². The summed E-state index contributed by atoms with van der Waals surface area (Å²) in [5.41, 5.74) is 5.22. The molecule has 0 bridgehead atoms. The lowest BCUT2D eigenvalue weighted by Crippen LogP contribution is -2.51. The largest absolute Gasteiger partial charge is 0.465 e. The van der Waals surface area contributed by atoms with Crippen molar-refractivity contribution in [3.8, 4) is 0 Å². The van der Waals surface area contributed by atoms with Gasteiger partial charge >= 0.3 is 5.97 Å². The first-order valence-corrected chi connectivity index (χ1v) is 7.05. The van der Waals surface area contributed by atoms with Crippen molar-refractivity contribution in [1.29, 1.82) is 0 Å². The van der Waals surface area contributed by atoms with Crippen LogP contribution in [-0.4, -0.2) is 42.5 Å². The molecule has 0 aromatic carbocycles. The molecule has 0 aliphatic rings. The Morgan fingerprint density at radius 1 is 1.21 bits per heavy atom. The summed E-state index contributed by atoms with van der Waals surface area (Å²) in [6.07, 6.45) is 1.34. The van der Waals surface area contributed by atoms with Crippen LogP contribution >= 0.6 is 0 Å². The molecule has 0 aromatic heterocycles. The second-order valence-corrected chi connectivity index (χ2v) is 5.02. The standard InChI is InChI=1S/C14H28N2O3/c1-6-14(7-2,10-15)13(18)16(11(4)5)9-12(17)19-8-3/h11H,6-10,15H2,1-5H3. The number of rotatable bonds is 8. The van der Waals surface area contributed by atoms with Crippen molar-refractivity contribution < 1.29 is 14.3 Å². The monoisotopic (exact) mass is 272 g/mol. The minimum absolute atomic E-state index is 0.00785. The maximum Gasteiger partial charge on any atom is 0.325 e. The van der Waals surface area contributed by atoms with E-state index in [2.05, 4.69) is 0 Å². The summed E-state index contributed by atoms with van der Waals surface area (Å²) < 4.78 is 4.92. The van der Waals surface area contributed by atoms with Crippen LogP contribution in [0.15, 0.2) is 0 Å². The molecule has 0 rings (SSSR count). The summed E-state index contributed by atoms with van der Waals surface area (Å²) >= 11 is 0. The number of nitrogens with two attached hydrogens (primary N) is 1. The predicted molar refractivity (Wildman–Crippen MR) is 75.6 cm³/mol. The van der Waals surface area contributed by atoms with Gasteiger partial charge in [0.15, 0.2) is 0 Å². The van der Waals surface area contributed by atoms with Crippen molar-refractivity contribution in [1.82, 2.24) is 4.90 Å². The van der Waals surface area contributed by atoms with Crippen LogP contribution in [0, 0.1) is 5.41 Å². The van der Waals surface area contributed by atoms with Gasteiger partial charge in [-0.15, -0.1) is 0 Å². The maximum absolute atomic E-state index is 12.7. The predicted octanol–water partition coefficient (Wildman–Crippen LogP) is 1.55. The molecule has 1 amide bonds. The van der Waals surface area contributed by atoms with Gasteiger partial charge in [-0.2, -0.15) is 0 Å². The molecule has 2 N–H and O–H groups in total. The molecule has 0 aliphatic carbocycles. The lowest BCUT2D eigenvalue weighted by Gasteiger charge is -2.36. The van der Waals surface area contributed by atoms with Crippen LogP contribution in [0.25, 0.3) is 0 Å². The van der Waals surface area contributed by atoms with Crippen molar-refractivity contribution >= 4 is 11.9 Å². The average Bonchev–Trinajstić information content (AvgIpc) is 2.38. The summed E-state index contributed by atoms with van der Waals surface area (Å²) in [5.74, 6) is -0.425. The van der Waals surface area contributed by atoms with Crippen LogP contribution in [0.2, 0.25) is 0 Å². The molecule has 5 heteroatoms. The Balaban J connectivity index is 5.07. The molecule has 0 radical (unpaired) electrons. The van der Waals surface area contributed by atoms with Gasteiger partial charge in [0.05, 0.1) is 12.0 Å². The minimum Gasteiger partial charge on any atom is -0.465 e. The molecule has 0 heterocycles. The smallest absolute Gasteiger partial charge is 0.325 e. The Kier molecular flexibility index (Phi) is 7.68. The number of hydrogen-bond acceptors (Lipinski definition) is 4. The van der Waals surface area contributed by atoms with Crippen LogP contribution in [0.4, 0.5) is 0 Å². The molecule has 0 saturated heterocycles. The fourth-order valence-corrected chi connectivity index (χ4v) is 2.07. The molecule has 19 heavy (non-hydrogen) atoms. The fourth-order valence-electron chi connectivity index (χ4n) is 2.07. The molecule has 0 atom stereocenters. The van der Waals surface area contributed by atoms with Crippen molar-refractivity contribution in [2.75, 3.05) is 19.7 Å². The van der Waals surface area contributed by atoms with Gasteiger partial charge in [-0.1, -0.05) is 13.8 Å². The summed E-state index contributed by atoms with van der Waals surface area (Å²) in [7, 11) is 0. The zero-order valence-corrected chi connectivity index (χ0v) is 12.9. The SMILES string of the molecule is CCOC(=O)CN(C(=O)C(CC)(CC)CN)C(C)C. The van der Waals surface area contributed by atoms with E-state index in [9.17, 15) is 9.59 Å². The van der Waals surface area contributed by atoms with Crippen LogP contribution in [-0.2, 0) is 14.3 Å². The Bertz CT molecular complexity index is 291. The number of carbonyl (C=O) groups is 2. The second-order valence-electron chi connectivity index (χ2n) is 5.02. The van der Waals surface area contributed by atoms with E-state index in [1.165, 1.54) is 0 Å². The van der Waals surface area contributed by atoms with E-state index in [1.54, 1.807) is 11.8 Å². The molecule has 0 fully saturated rings. The summed E-state index contributed by atoms with van der Waals surface area (Å²) in [5, 5.41) is 0. The summed E-state index contributed by atoms with van der Waals surface area (Å²) in [6.45, 7) is 10.1. The third-order valence-corrected chi connectivity index (χ3v) is 3.69. The van der Waals surface area contributed by atoms with Gasteiger partial charge in [-0.25, -0.2) is 0 Å². The fraction of sp³-hybridized carbons (Fsp3) is 0.857. The normalized spacial score (nSPS) is 11.5. The number of carbonyl (C=O) groups excluding carboxylic acids is 2. The van der Waals surface area contributed by atoms with Gasteiger partial charge in [0, 0.05) is 12.6 Å². The highest BCUT2D eigenvalue weighted by Crippen LogP contribution is 2.28. The Hall–Kier alpha value is -1.10. The zero-order valence-electron chi connectivity index (χ0n) is 12.9. The van der Waals surface area contributed by atoms with Crippen LogP contribution in [0.5, 0.6) is 0 Å². The highest BCUT2D eigenvalue weighted by molar-refractivity contribution is 5.86. The molecule has 0 aromatic rings. The van der Waals surface area contributed by atoms with E-state index < -0.39 is 5.41 Å².